The van der Waals surface area contributed by atoms with E-state index < -0.39 is 5.44 Å². The summed E-state index contributed by atoms with van der Waals surface area (Å²) in [6.07, 6.45) is 0. The fourth-order valence-electron chi connectivity index (χ4n) is 2.48. The lowest BCUT2D eigenvalue weighted by molar-refractivity contribution is -0.146. The number of esters is 2. The SMILES string of the molecule is CC(=O)OCC1SC(OC(C)=O)C(NC(=O)C(C)C)C(C)C1C. The Kier molecular flexibility index (Phi) is 7.38. The van der Waals surface area contributed by atoms with Gasteiger partial charge in [-0.1, -0.05) is 27.7 Å². The molecule has 1 fully saturated rings. The normalized spacial score (nSPS) is 30.7. The van der Waals surface area contributed by atoms with Gasteiger partial charge in [0.1, 0.15) is 6.61 Å². The highest BCUT2D eigenvalue weighted by Crippen LogP contribution is 2.40. The van der Waals surface area contributed by atoms with E-state index in [1.54, 1.807) is 0 Å². The molecule has 1 aliphatic rings. The van der Waals surface area contributed by atoms with Crippen molar-refractivity contribution in [2.75, 3.05) is 6.61 Å². The van der Waals surface area contributed by atoms with Crippen molar-refractivity contribution in [3.63, 3.8) is 0 Å². The van der Waals surface area contributed by atoms with Crippen LogP contribution in [-0.4, -0.2) is 41.2 Å². The van der Waals surface area contributed by atoms with Crippen LogP contribution in [0.2, 0.25) is 0 Å². The molecule has 0 radical (unpaired) electrons. The monoisotopic (exact) mass is 345 g/mol. The van der Waals surface area contributed by atoms with Gasteiger partial charge in [0.05, 0.1) is 6.04 Å². The highest BCUT2D eigenvalue weighted by atomic mass is 32.2. The lowest BCUT2D eigenvalue weighted by atomic mass is 9.85. The van der Waals surface area contributed by atoms with Crippen LogP contribution in [0.25, 0.3) is 0 Å². The van der Waals surface area contributed by atoms with Crippen molar-refractivity contribution in [1.82, 2.24) is 5.32 Å². The summed E-state index contributed by atoms with van der Waals surface area (Å²) in [6.45, 7) is 10.7. The third-order valence-corrected chi connectivity index (χ3v) is 5.72. The molecule has 1 amide bonds. The second-order valence-corrected chi connectivity index (χ2v) is 7.70. The van der Waals surface area contributed by atoms with Gasteiger partial charge in [-0.15, -0.1) is 11.8 Å². The molecule has 0 aromatic heterocycles. The lowest BCUT2D eigenvalue weighted by Gasteiger charge is -2.43. The van der Waals surface area contributed by atoms with Crippen molar-refractivity contribution < 1.29 is 23.9 Å². The topological polar surface area (TPSA) is 81.7 Å². The third-order valence-electron chi connectivity index (χ3n) is 4.15. The van der Waals surface area contributed by atoms with Crippen LogP contribution in [0, 0.1) is 17.8 Å². The molecule has 23 heavy (non-hydrogen) atoms. The highest BCUT2D eigenvalue weighted by Gasteiger charge is 2.44. The number of carbonyl (C=O) groups excluding carboxylic acids is 3. The number of nitrogens with one attached hydrogen (secondary N) is 1. The molecule has 1 aliphatic heterocycles. The van der Waals surface area contributed by atoms with Crippen LogP contribution in [0.4, 0.5) is 0 Å². The first-order chi connectivity index (χ1) is 10.6. The Morgan fingerprint density at radius 1 is 1.09 bits per heavy atom. The molecule has 0 aromatic rings. The fraction of sp³-hybridized carbons (Fsp3) is 0.812. The smallest absolute Gasteiger partial charge is 0.303 e. The average molecular weight is 345 g/mol. The molecule has 0 saturated carbocycles. The summed E-state index contributed by atoms with van der Waals surface area (Å²) in [7, 11) is 0. The van der Waals surface area contributed by atoms with Crippen molar-refractivity contribution >= 4 is 29.6 Å². The molecule has 1 heterocycles. The second-order valence-electron chi connectivity index (χ2n) is 6.36. The maximum absolute atomic E-state index is 12.1. The Hall–Kier alpha value is -1.24. The number of thioether (sulfide) groups is 1. The van der Waals surface area contributed by atoms with Crippen molar-refractivity contribution in [3.05, 3.63) is 0 Å². The van der Waals surface area contributed by atoms with E-state index >= 15 is 0 Å². The summed E-state index contributed by atoms with van der Waals surface area (Å²) in [5.41, 5.74) is -0.484. The van der Waals surface area contributed by atoms with Crippen LogP contribution in [0.15, 0.2) is 0 Å². The van der Waals surface area contributed by atoms with Crippen molar-refractivity contribution in [2.24, 2.45) is 17.8 Å². The number of carbonyl (C=O) groups is 3. The molecule has 0 spiro atoms. The first-order valence-corrected chi connectivity index (χ1v) is 8.84. The van der Waals surface area contributed by atoms with Crippen LogP contribution in [0.3, 0.4) is 0 Å². The number of hydrogen-bond donors (Lipinski definition) is 1. The van der Waals surface area contributed by atoms with E-state index in [1.165, 1.54) is 25.6 Å². The summed E-state index contributed by atoms with van der Waals surface area (Å²) >= 11 is 1.44. The van der Waals surface area contributed by atoms with Gasteiger partial charge in [-0.25, -0.2) is 0 Å². The fourth-order valence-corrected chi connectivity index (χ4v) is 4.14. The van der Waals surface area contributed by atoms with E-state index in [2.05, 4.69) is 12.2 Å². The van der Waals surface area contributed by atoms with Crippen molar-refractivity contribution in [1.29, 1.82) is 0 Å². The van der Waals surface area contributed by atoms with Gasteiger partial charge in [-0.2, -0.15) is 0 Å². The molecule has 6 nitrogen and oxygen atoms in total. The van der Waals surface area contributed by atoms with E-state index in [4.69, 9.17) is 9.47 Å². The molecular weight excluding hydrogens is 318 g/mol. The van der Waals surface area contributed by atoms with Gasteiger partial charge in [0, 0.05) is 25.0 Å². The van der Waals surface area contributed by atoms with Crippen LogP contribution in [0.5, 0.6) is 0 Å². The molecule has 132 valence electrons. The first-order valence-electron chi connectivity index (χ1n) is 7.89. The zero-order chi connectivity index (χ0) is 17.7. The zero-order valence-electron chi connectivity index (χ0n) is 14.6. The highest BCUT2D eigenvalue weighted by molar-refractivity contribution is 8.00. The molecule has 1 N–H and O–H groups in total. The van der Waals surface area contributed by atoms with E-state index in [1.807, 2.05) is 20.8 Å². The minimum absolute atomic E-state index is 0.0189. The van der Waals surface area contributed by atoms with Crippen molar-refractivity contribution in [2.45, 2.75) is 58.3 Å². The molecule has 7 heteroatoms. The predicted octanol–water partition coefficient (Wildman–Crippen LogP) is 1.97. The number of hydrogen-bond acceptors (Lipinski definition) is 6. The number of ether oxygens (including phenoxy) is 2. The van der Waals surface area contributed by atoms with Gasteiger partial charge in [0.25, 0.3) is 0 Å². The van der Waals surface area contributed by atoms with Gasteiger partial charge in [-0.05, 0) is 11.8 Å². The van der Waals surface area contributed by atoms with Crippen LogP contribution in [-0.2, 0) is 23.9 Å². The van der Waals surface area contributed by atoms with E-state index in [0.29, 0.717) is 0 Å². The van der Waals surface area contributed by atoms with Gasteiger partial charge in [0.2, 0.25) is 5.91 Å². The van der Waals surface area contributed by atoms with E-state index in [9.17, 15) is 14.4 Å². The van der Waals surface area contributed by atoms with Gasteiger partial charge >= 0.3 is 11.9 Å². The van der Waals surface area contributed by atoms with Gasteiger partial charge < -0.3 is 14.8 Å². The molecule has 1 rings (SSSR count). The Bertz CT molecular complexity index is 454. The van der Waals surface area contributed by atoms with Gasteiger partial charge in [0.15, 0.2) is 5.44 Å². The molecule has 5 atom stereocenters. The first kappa shape index (κ1) is 19.8. The summed E-state index contributed by atoms with van der Waals surface area (Å²) in [5, 5.41) is 3.01. The number of amides is 1. The summed E-state index contributed by atoms with van der Waals surface area (Å²) in [4.78, 5) is 34.5. The summed E-state index contributed by atoms with van der Waals surface area (Å²) in [6, 6.07) is -0.262. The summed E-state index contributed by atoms with van der Waals surface area (Å²) in [5.74, 6) is -0.638. The molecule has 0 aromatic carbocycles. The van der Waals surface area contributed by atoms with Crippen molar-refractivity contribution in [3.8, 4) is 0 Å². The standard InChI is InChI=1S/C16H27NO5S/c1-8(2)15(20)17-14-10(4)9(3)13(7-21-11(5)18)23-16(14)22-12(6)19/h8-10,13-14,16H,7H2,1-6H3,(H,17,20). The minimum atomic E-state index is -0.484. The molecule has 1 saturated heterocycles. The quantitative estimate of drug-likeness (QED) is 0.767. The molecule has 0 bridgehead atoms. The third kappa shape index (κ3) is 5.71. The predicted molar refractivity (Wildman–Crippen MR) is 88.7 cm³/mol. The van der Waals surface area contributed by atoms with E-state index in [0.717, 1.165) is 0 Å². The largest absolute Gasteiger partial charge is 0.465 e. The average Bonchev–Trinajstić information content (AvgIpc) is 2.44. The van der Waals surface area contributed by atoms with Crippen LogP contribution in [0.1, 0.15) is 41.5 Å². The Morgan fingerprint density at radius 3 is 2.17 bits per heavy atom. The Balaban J connectivity index is 2.89. The Labute approximate surface area is 142 Å². The minimum Gasteiger partial charge on any atom is -0.465 e. The maximum atomic E-state index is 12.1. The number of rotatable bonds is 5. The van der Waals surface area contributed by atoms with Crippen LogP contribution < -0.4 is 5.32 Å². The molecule has 0 aliphatic carbocycles. The molecular formula is C16H27NO5S. The van der Waals surface area contributed by atoms with Crippen LogP contribution >= 0.6 is 11.8 Å². The Morgan fingerprint density at radius 2 is 1.70 bits per heavy atom. The molecule has 5 unspecified atom stereocenters. The lowest BCUT2D eigenvalue weighted by Crippen LogP contribution is -2.55. The van der Waals surface area contributed by atoms with E-state index in [-0.39, 0.29) is 53.5 Å². The second kappa shape index (κ2) is 8.57. The van der Waals surface area contributed by atoms with Gasteiger partial charge in [-0.3, -0.25) is 14.4 Å². The zero-order valence-corrected chi connectivity index (χ0v) is 15.4. The summed E-state index contributed by atoms with van der Waals surface area (Å²) < 4.78 is 10.5. The maximum Gasteiger partial charge on any atom is 0.303 e.